The van der Waals surface area contributed by atoms with Gasteiger partial charge in [0.2, 0.25) is 0 Å². The summed E-state index contributed by atoms with van der Waals surface area (Å²) < 4.78 is 5.09. The van der Waals surface area contributed by atoms with E-state index in [1.807, 2.05) is 18.2 Å². The number of hydrogen-bond donors (Lipinski definition) is 0. The number of para-hydroxylation sites is 1. The van der Waals surface area contributed by atoms with Gasteiger partial charge in [0.15, 0.2) is 0 Å². The number of anilines is 1. The van der Waals surface area contributed by atoms with Crippen LogP contribution in [0.4, 0.5) is 5.69 Å². The molecule has 0 spiro atoms. The Morgan fingerprint density at radius 1 is 0.912 bits per heavy atom. The number of rotatable bonds is 7. The molecule has 34 heavy (non-hydrogen) atoms. The predicted molar refractivity (Wildman–Crippen MR) is 129 cm³/mol. The lowest BCUT2D eigenvalue weighted by molar-refractivity contribution is -0.125. The lowest BCUT2D eigenvalue weighted by Crippen LogP contribution is -2.32. The summed E-state index contributed by atoms with van der Waals surface area (Å²) in [5.41, 5.74) is 5.29. The van der Waals surface area contributed by atoms with E-state index in [0.29, 0.717) is 54.3 Å². The number of hydrogen-bond acceptors (Lipinski definition) is 5. The minimum absolute atomic E-state index is 0.222. The third-order valence-corrected chi connectivity index (χ3v) is 6.75. The molecule has 0 atom stereocenters. The van der Waals surface area contributed by atoms with Gasteiger partial charge in [-0.25, -0.2) is 0 Å². The molecular weight excluding hydrogens is 452 g/mol. The van der Waals surface area contributed by atoms with Crippen molar-refractivity contribution in [1.82, 2.24) is 4.90 Å². The monoisotopic (exact) mass is 474 g/mol. The van der Waals surface area contributed by atoms with Gasteiger partial charge in [0.1, 0.15) is 5.76 Å². The normalized spacial score (nSPS) is 17.0. The molecule has 0 fully saturated rings. The molecule has 2 heterocycles. The fourth-order valence-electron chi connectivity index (χ4n) is 4.76. The number of benzene rings is 2. The third-order valence-electron chi connectivity index (χ3n) is 6.43. The van der Waals surface area contributed by atoms with Crippen molar-refractivity contribution < 1.29 is 19.1 Å². The molecule has 172 valence electrons. The Bertz CT molecular complexity index is 1240. The Labute approximate surface area is 202 Å². The van der Waals surface area contributed by atoms with Crippen molar-refractivity contribution in [3.63, 3.8) is 0 Å². The average molecular weight is 475 g/mol. The second-order valence-corrected chi connectivity index (χ2v) is 8.83. The van der Waals surface area contributed by atoms with Crippen LogP contribution in [0.15, 0.2) is 82.7 Å². The van der Waals surface area contributed by atoms with Crippen LogP contribution in [0.2, 0.25) is 0 Å². The van der Waals surface area contributed by atoms with E-state index in [0.717, 1.165) is 29.8 Å². The van der Waals surface area contributed by atoms with Crippen molar-refractivity contribution in [2.24, 2.45) is 0 Å². The fraction of sp³-hybridized carbons (Fsp3) is 0.222. The molecule has 0 unspecified atom stereocenters. The highest BCUT2D eigenvalue weighted by Gasteiger charge is 2.34. The van der Waals surface area contributed by atoms with E-state index >= 15 is 0 Å². The molecule has 0 aromatic heterocycles. The lowest BCUT2D eigenvalue weighted by atomic mass is 10.00. The van der Waals surface area contributed by atoms with Crippen LogP contribution in [0.25, 0.3) is 0 Å². The number of imide groups is 1. The van der Waals surface area contributed by atoms with Crippen LogP contribution < -0.4 is 4.90 Å². The number of carbonyl (C=O) groups is 3. The van der Waals surface area contributed by atoms with Gasteiger partial charge in [0.25, 0.3) is 18.3 Å². The topological polar surface area (TPSA) is 66.9 Å². The van der Waals surface area contributed by atoms with Crippen LogP contribution >= 0.6 is 11.6 Å². The van der Waals surface area contributed by atoms with Crippen LogP contribution in [-0.4, -0.2) is 36.3 Å². The molecule has 0 saturated carbocycles. The molecule has 6 nitrogen and oxygen atoms in total. The maximum atomic E-state index is 12.6. The zero-order valence-corrected chi connectivity index (χ0v) is 19.3. The number of ether oxygens (including phenoxy) is 1. The SMILES string of the molecule is O=COC1=C(Cl)C=C2C(=CCc3ccccc3N2CCCCN2C(=O)c3ccccc3C2=O)C1. The number of unbranched alkanes of at least 4 members (excludes halogenated alkanes) is 1. The highest BCUT2D eigenvalue weighted by atomic mass is 35.5. The Morgan fingerprint density at radius 2 is 1.56 bits per heavy atom. The molecular formula is C27H23ClN2O4. The van der Waals surface area contributed by atoms with Crippen molar-refractivity contribution in [3.05, 3.63) is 99.4 Å². The molecule has 0 bridgehead atoms. The van der Waals surface area contributed by atoms with Crippen molar-refractivity contribution in [3.8, 4) is 0 Å². The van der Waals surface area contributed by atoms with Gasteiger partial charge in [0, 0.05) is 30.9 Å². The first-order valence-electron chi connectivity index (χ1n) is 11.3. The molecule has 2 amide bonds. The summed E-state index contributed by atoms with van der Waals surface area (Å²) in [5, 5.41) is 0.412. The van der Waals surface area contributed by atoms with Crippen LogP contribution in [0.3, 0.4) is 0 Å². The zero-order valence-electron chi connectivity index (χ0n) is 18.5. The largest absolute Gasteiger partial charge is 0.431 e. The Kier molecular flexibility index (Phi) is 6.07. The maximum Gasteiger partial charge on any atom is 0.298 e. The van der Waals surface area contributed by atoms with Gasteiger partial charge >= 0.3 is 0 Å². The number of amides is 2. The number of carbonyl (C=O) groups excluding carboxylic acids is 3. The number of fused-ring (bicyclic) bond motifs is 3. The summed E-state index contributed by atoms with van der Waals surface area (Å²) >= 11 is 6.43. The summed E-state index contributed by atoms with van der Waals surface area (Å²) in [7, 11) is 0. The highest BCUT2D eigenvalue weighted by Crippen LogP contribution is 2.39. The van der Waals surface area contributed by atoms with Gasteiger partial charge in [-0.05, 0) is 54.7 Å². The molecule has 2 aromatic carbocycles. The van der Waals surface area contributed by atoms with Crippen LogP contribution in [0, 0.1) is 0 Å². The Balaban J connectivity index is 1.33. The smallest absolute Gasteiger partial charge is 0.298 e. The number of nitrogens with zero attached hydrogens (tertiary/aromatic N) is 2. The summed E-state index contributed by atoms with van der Waals surface area (Å²) in [4.78, 5) is 39.7. The van der Waals surface area contributed by atoms with Crippen molar-refractivity contribution in [2.45, 2.75) is 25.7 Å². The first-order chi connectivity index (χ1) is 16.6. The molecule has 0 radical (unpaired) electrons. The molecule has 0 saturated heterocycles. The van der Waals surface area contributed by atoms with Crippen molar-refractivity contribution in [1.29, 1.82) is 0 Å². The molecule has 3 aliphatic rings. The Morgan fingerprint density at radius 3 is 2.26 bits per heavy atom. The lowest BCUT2D eigenvalue weighted by Gasteiger charge is -2.31. The standard InChI is InChI=1S/C27H23ClN2O4/c28-22-16-24-19(15-25(22)34-17-31)12-11-18-7-1-4-10-23(18)29(24)13-5-6-14-30-26(32)20-8-2-3-9-21(20)27(30)33/h1-4,7-10,12,16-17H,5-6,11,13-15H2. The molecule has 2 aromatic rings. The van der Waals surface area contributed by atoms with E-state index < -0.39 is 0 Å². The van der Waals surface area contributed by atoms with E-state index in [9.17, 15) is 14.4 Å². The maximum absolute atomic E-state index is 12.6. The van der Waals surface area contributed by atoms with Gasteiger partial charge in [-0.1, -0.05) is 48.0 Å². The molecule has 0 N–H and O–H groups in total. The quantitative estimate of drug-likeness (QED) is 0.322. The second kappa shape index (κ2) is 9.31. The van der Waals surface area contributed by atoms with Gasteiger partial charge < -0.3 is 9.64 Å². The van der Waals surface area contributed by atoms with Gasteiger partial charge in [0.05, 0.1) is 16.2 Å². The summed E-state index contributed by atoms with van der Waals surface area (Å²) in [6.45, 7) is 1.47. The van der Waals surface area contributed by atoms with Gasteiger partial charge in [-0.15, -0.1) is 0 Å². The number of halogens is 1. The van der Waals surface area contributed by atoms with E-state index in [-0.39, 0.29) is 11.8 Å². The van der Waals surface area contributed by atoms with E-state index in [1.54, 1.807) is 24.3 Å². The van der Waals surface area contributed by atoms with Crippen molar-refractivity contribution >= 4 is 35.6 Å². The average Bonchev–Trinajstić information content (AvgIpc) is 2.99. The zero-order chi connectivity index (χ0) is 23.7. The summed E-state index contributed by atoms with van der Waals surface area (Å²) in [5.74, 6) is 0.00398. The van der Waals surface area contributed by atoms with Crippen LogP contribution in [-0.2, 0) is 16.0 Å². The highest BCUT2D eigenvalue weighted by molar-refractivity contribution is 6.31. The predicted octanol–water partition coefficient (Wildman–Crippen LogP) is 4.96. The summed E-state index contributed by atoms with van der Waals surface area (Å²) in [6.07, 6.45) is 6.66. The first-order valence-corrected chi connectivity index (χ1v) is 11.7. The third kappa shape index (κ3) is 3.94. The first kappa shape index (κ1) is 22.2. The summed E-state index contributed by atoms with van der Waals surface area (Å²) in [6, 6.07) is 15.2. The van der Waals surface area contributed by atoms with Crippen molar-refractivity contribution in [2.75, 3.05) is 18.0 Å². The van der Waals surface area contributed by atoms with E-state index in [2.05, 4.69) is 23.1 Å². The minimum Gasteiger partial charge on any atom is -0.431 e. The molecule has 7 heteroatoms. The van der Waals surface area contributed by atoms with Gasteiger partial charge in [-0.2, -0.15) is 0 Å². The van der Waals surface area contributed by atoms with E-state index in [1.165, 1.54) is 10.5 Å². The van der Waals surface area contributed by atoms with Crippen LogP contribution in [0.1, 0.15) is 45.5 Å². The molecule has 2 aliphatic heterocycles. The molecule has 1 aliphatic carbocycles. The van der Waals surface area contributed by atoms with Crippen LogP contribution in [0.5, 0.6) is 0 Å². The number of allylic oxidation sites excluding steroid dienone is 5. The minimum atomic E-state index is -0.222. The Hall–Kier alpha value is -3.64. The van der Waals surface area contributed by atoms with E-state index in [4.69, 9.17) is 16.3 Å². The second-order valence-electron chi connectivity index (χ2n) is 8.42. The fourth-order valence-corrected chi connectivity index (χ4v) is 4.97. The molecule has 5 rings (SSSR count). The van der Waals surface area contributed by atoms with Gasteiger partial charge in [-0.3, -0.25) is 19.3 Å².